The minimum Gasteiger partial charge on any atom is -0.494 e. The Bertz CT molecular complexity index is 597. The fraction of sp³-hybridized carbons (Fsp3) is 0.278. The molecule has 2 aromatic rings. The molecule has 3 nitrogen and oxygen atoms in total. The summed E-state index contributed by atoms with van der Waals surface area (Å²) in [6, 6.07) is 13.6. The first-order chi connectivity index (χ1) is 10.1. The van der Waals surface area contributed by atoms with Gasteiger partial charge in [0.1, 0.15) is 5.75 Å². The van der Waals surface area contributed by atoms with E-state index < -0.39 is 0 Å². The molecule has 1 N–H and O–H groups in total. The van der Waals surface area contributed by atoms with Gasteiger partial charge in [-0.25, -0.2) is 0 Å². The van der Waals surface area contributed by atoms with Crippen LogP contribution in [0.3, 0.4) is 0 Å². The van der Waals surface area contributed by atoms with Crippen LogP contribution in [0.15, 0.2) is 42.5 Å². The van der Waals surface area contributed by atoms with Crippen LogP contribution in [0, 0.1) is 13.8 Å². The van der Waals surface area contributed by atoms with Crippen LogP contribution in [0.1, 0.15) is 23.6 Å². The molecule has 0 aliphatic heterocycles. The first kappa shape index (κ1) is 15.1. The zero-order valence-electron chi connectivity index (χ0n) is 12.8. The van der Waals surface area contributed by atoms with Crippen molar-refractivity contribution in [3.63, 3.8) is 0 Å². The smallest absolute Gasteiger partial charge is 0.228 e. The largest absolute Gasteiger partial charge is 0.494 e. The molecule has 0 spiro atoms. The van der Waals surface area contributed by atoms with Gasteiger partial charge in [0.2, 0.25) is 5.91 Å². The van der Waals surface area contributed by atoms with E-state index in [1.165, 1.54) is 0 Å². The third kappa shape index (κ3) is 4.09. The van der Waals surface area contributed by atoms with Gasteiger partial charge in [0.05, 0.1) is 13.0 Å². The number of anilines is 1. The van der Waals surface area contributed by atoms with Crippen LogP contribution >= 0.6 is 0 Å². The van der Waals surface area contributed by atoms with Gasteiger partial charge in [0, 0.05) is 5.69 Å². The number of amides is 1. The van der Waals surface area contributed by atoms with E-state index in [9.17, 15) is 4.79 Å². The van der Waals surface area contributed by atoms with Crippen LogP contribution in [0.4, 0.5) is 5.69 Å². The van der Waals surface area contributed by atoms with Crippen molar-refractivity contribution in [1.29, 1.82) is 0 Å². The number of hydrogen-bond donors (Lipinski definition) is 1. The van der Waals surface area contributed by atoms with Crippen molar-refractivity contribution in [3.8, 4) is 5.75 Å². The van der Waals surface area contributed by atoms with Gasteiger partial charge in [0.15, 0.2) is 0 Å². The molecule has 0 fully saturated rings. The van der Waals surface area contributed by atoms with E-state index in [-0.39, 0.29) is 5.91 Å². The molecule has 0 aliphatic rings. The van der Waals surface area contributed by atoms with Gasteiger partial charge in [-0.15, -0.1) is 0 Å². The van der Waals surface area contributed by atoms with Crippen molar-refractivity contribution in [2.24, 2.45) is 0 Å². The number of para-hydroxylation sites is 1. The summed E-state index contributed by atoms with van der Waals surface area (Å²) in [5.41, 5.74) is 4.04. The van der Waals surface area contributed by atoms with E-state index in [2.05, 4.69) is 5.32 Å². The number of rotatable bonds is 5. The fourth-order valence-electron chi connectivity index (χ4n) is 2.25. The Morgan fingerprint density at radius 1 is 1.05 bits per heavy atom. The first-order valence-corrected chi connectivity index (χ1v) is 7.18. The molecular formula is C18H21NO2. The maximum absolute atomic E-state index is 12.2. The maximum Gasteiger partial charge on any atom is 0.228 e. The van der Waals surface area contributed by atoms with Crippen molar-refractivity contribution >= 4 is 11.6 Å². The summed E-state index contributed by atoms with van der Waals surface area (Å²) in [4.78, 5) is 12.2. The average molecular weight is 283 g/mol. The van der Waals surface area contributed by atoms with Gasteiger partial charge in [-0.3, -0.25) is 4.79 Å². The molecule has 0 heterocycles. The monoisotopic (exact) mass is 283 g/mol. The first-order valence-electron chi connectivity index (χ1n) is 7.18. The molecule has 0 radical (unpaired) electrons. The standard InChI is InChI=1S/C18H21NO2/c1-4-21-16-10-8-15(9-11-16)12-17(20)19-18-13(2)6-5-7-14(18)3/h5-11H,4,12H2,1-3H3,(H,19,20). The number of hydrogen-bond acceptors (Lipinski definition) is 2. The minimum absolute atomic E-state index is 0.00319. The molecule has 2 aromatic carbocycles. The lowest BCUT2D eigenvalue weighted by molar-refractivity contribution is -0.115. The molecule has 1 amide bonds. The molecule has 0 unspecified atom stereocenters. The summed E-state index contributed by atoms with van der Waals surface area (Å²) >= 11 is 0. The van der Waals surface area contributed by atoms with Crippen LogP contribution in [-0.4, -0.2) is 12.5 Å². The molecule has 0 aliphatic carbocycles. The number of benzene rings is 2. The zero-order chi connectivity index (χ0) is 15.2. The Balaban J connectivity index is 2.01. The van der Waals surface area contributed by atoms with E-state index in [1.54, 1.807) is 0 Å². The number of nitrogens with one attached hydrogen (secondary N) is 1. The van der Waals surface area contributed by atoms with Crippen LogP contribution in [-0.2, 0) is 11.2 Å². The van der Waals surface area contributed by atoms with Gasteiger partial charge in [-0.1, -0.05) is 30.3 Å². The minimum atomic E-state index is -0.00319. The van der Waals surface area contributed by atoms with Crippen molar-refractivity contribution in [1.82, 2.24) is 0 Å². The highest BCUT2D eigenvalue weighted by Gasteiger charge is 2.08. The third-order valence-electron chi connectivity index (χ3n) is 3.34. The molecule has 0 saturated carbocycles. The molecule has 0 aromatic heterocycles. The van der Waals surface area contributed by atoms with Gasteiger partial charge in [-0.05, 0) is 49.6 Å². The second-order valence-electron chi connectivity index (χ2n) is 5.07. The predicted molar refractivity (Wildman–Crippen MR) is 85.9 cm³/mol. The molecule has 0 atom stereocenters. The number of aryl methyl sites for hydroxylation is 2. The maximum atomic E-state index is 12.2. The van der Waals surface area contributed by atoms with Crippen LogP contribution < -0.4 is 10.1 Å². The molecule has 21 heavy (non-hydrogen) atoms. The Labute approximate surface area is 126 Å². The third-order valence-corrected chi connectivity index (χ3v) is 3.34. The fourth-order valence-corrected chi connectivity index (χ4v) is 2.25. The van der Waals surface area contributed by atoms with Gasteiger partial charge in [-0.2, -0.15) is 0 Å². The number of carbonyl (C=O) groups is 1. The number of carbonyl (C=O) groups excluding carboxylic acids is 1. The zero-order valence-corrected chi connectivity index (χ0v) is 12.8. The van der Waals surface area contributed by atoms with Crippen LogP contribution in [0.2, 0.25) is 0 Å². The lowest BCUT2D eigenvalue weighted by Crippen LogP contribution is -2.16. The second kappa shape index (κ2) is 6.93. The molecule has 0 saturated heterocycles. The van der Waals surface area contributed by atoms with Crippen molar-refractivity contribution in [3.05, 3.63) is 59.2 Å². The topological polar surface area (TPSA) is 38.3 Å². The summed E-state index contributed by atoms with van der Waals surface area (Å²) in [5.74, 6) is 0.827. The van der Waals surface area contributed by atoms with Crippen molar-refractivity contribution in [2.45, 2.75) is 27.2 Å². The Morgan fingerprint density at radius 3 is 2.24 bits per heavy atom. The lowest BCUT2D eigenvalue weighted by Gasteiger charge is -2.11. The summed E-state index contributed by atoms with van der Waals surface area (Å²) in [7, 11) is 0. The summed E-state index contributed by atoms with van der Waals surface area (Å²) in [5, 5.41) is 3.00. The van der Waals surface area contributed by atoms with E-state index in [0.29, 0.717) is 13.0 Å². The Morgan fingerprint density at radius 2 is 1.67 bits per heavy atom. The highest BCUT2D eigenvalue weighted by atomic mass is 16.5. The predicted octanol–water partition coefficient (Wildman–Crippen LogP) is 3.88. The summed E-state index contributed by atoms with van der Waals surface area (Å²) < 4.78 is 5.39. The van der Waals surface area contributed by atoms with Crippen molar-refractivity contribution < 1.29 is 9.53 Å². The molecule has 3 heteroatoms. The van der Waals surface area contributed by atoms with Gasteiger partial charge in [0.25, 0.3) is 0 Å². The Hall–Kier alpha value is -2.29. The lowest BCUT2D eigenvalue weighted by atomic mass is 10.1. The summed E-state index contributed by atoms with van der Waals surface area (Å²) in [6.45, 7) is 6.59. The Kier molecular flexibility index (Phi) is 4.99. The van der Waals surface area contributed by atoms with E-state index in [0.717, 1.165) is 28.1 Å². The molecule has 110 valence electrons. The number of ether oxygens (including phenoxy) is 1. The molecule has 0 bridgehead atoms. The van der Waals surface area contributed by atoms with Crippen LogP contribution in [0.25, 0.3) is 0 Å². The van der Waals surface area contributed by atoms with Crippen molar-refractivity contribution in [2.75, 3.05) is 11.9 Å². The second-order valence-corrected chi connectivity index (χ2v) is 5.07. The van der Waals surface area contributed by atoms with Crippen LogP contribution in [0.5, 0.6) is 5.75 Å². The molecule has 2 rings (SSSR count). The molecular weight excluding hydrogens is 262 g/mol. The van der Waals surface area contributed by atoms with E-state index >= 15 is 0 Å². The highest BCUT2D eigenvalue weighted by molar-refractivity contribution is 5.93. The SMILES string of the molecule is CCOc1ccc(CC(=O)Nc2c(C)cccc2C)cc1. The normalized spacial score (nSPS) is 10.2. The van der Waals surface area contributed by atoms with E-state index in [4.69, 9.17) is 4.74 Å². The van der Waals surface area contributed by atoms with Gasteiger partial charge < -0.3 is 10.1 Å². The van der Waals surface area contributed by atoms with Gasteiger partial charge >= 0.3 is 0 Å². The highest BCUT2D eigenvalue weighted by Crippen LogP contribution is 2.20. The summed E-state index contributed by atoms with van der Waals surface area (Å²) in [6.07, 6.45) is 0.361. The average Bonchev–Trinajstić information content (AvgIpc) is 2.45. The van der Waals surface area contributed by atoms with E-state index in [1.807, 2.05) is 63.2 Å². The quantitative estimate of drug-likeness (QED) is 0.904.